The van der Waals surface area contributed by atoms with Crippen molar-refractivity contribution in [3.8, 4) is 5.75 Å². The summed E-state index contributed by atoms with van der Waals surface area (Å²) in [6.07, 6.45) is 0. The van der Waals surface area contributed by atoms with E-state index in [1.165, 1.54) is 14.0 Å². The molecule has 154 valence electrons. The number of hydrogen-bond donors (Lipinski definition) is 2. The molecule has 2 aromatic carbocycles. The number of carbonyl (C=O) groups is 3. The number of benzene rings is 2. The summed E-state index contributed by atoms with van der Waals surface area (Å²) in [6, 6.07) is 11.4. The molecule has 0 spiro atoms. The Hall–Kier alpha value is -3.39. The minimum absolute atomic E-state index is 0.184. The minimum atomic E-state index is -0.624. The number of ether oxygens (including phenoxy) is 3. The summed E-state index contributed by atoms with van der Waals surface area (Å²) in [7, 11) is 1.54. The van der Waals surface area contributed by atoms with Gasteiger partial charge in [-0.2, -0.15) is 0 Å². The van der Waals surface area contributed by atoms with Crippen LogP contribution in [0.1, 0.15) is 29.8 Å². The van der Waals surface area contributed by atoms with Gasteiger partial charge in [0, 0.05) is 30.5 Å². The third-order valence-corrected chi connectivity index (χ3v) is 3.80. The molecule has 8 nitrogen and oxygen atoms in total. The van der Waals surface area contributed by atoms with Gasteiger partial charge in [0.25, 0.3) is 5.91 Å². The lowest BCUT2D eigenvalue weighted by atomic mass is 10.1. The van der Waals surface area contributed by atoms with E-state index in [1.807, 2.05) is 6.92 Å². The summed E-state index contributed by atoms with van der Waals surface area (Å²) < 4.78 is 15.7. The van der Waals surface area contributed by atoms with Crippen LogP contribution in [-0.4, -0.2) is 38.1 Å². The Morgan fingerprint density at radius 1 is 0.966 bits per heavy atom. The largest absolute Gasteiger partial charge is 0.496 e. The van der Waals surface area contributed by atoms with E-state index in [-0.39, 0.29) is 5.91 Å². The maximum absolute atomic E-state index is 12.3. The lowest BCUT2D eigenvalue weighted by Gasteiger charge is -2.11. The van der Waals surface area contributed by atoms with Crippen LogP contribution in [0.2, 0.25) is 0 Å². The van der Waals surface area contributed by atoms with E-state index in [4.69, 9.17) is 14.2 Å². The first-order chi connectivity index (χ1) is 13.9. The lowest BCUT2D eigenvalue weighted by molar-refractivity contribution is -0.119. The highest BCUT2D eigenvalue weighted by atomic mass is 16.5. The van der Waals surface area contributed by atoms with Crippen LogP contribution in [-0.2, 0) is 25.7 Å². The number of anilines is 2. The zero-order valence-corrected chi connectivity index (χ0v) is 16.6. The van der Waals surface area contributed by atoms with Gasteiger partial charge < -0.3 is 24.8 Å². The Balaban J connectivity index is 1.91. The Morgan fingerprint density at radius 2 is 1.62 bits per heavy atom. The first kappa shape index (κ1) is 21.9. The van der Waals surface area contributed by atoms with Gasteiger partial charge in [-0.3, -0.25) is 9.59 Å². The average Bonchev–Trinajstić information content (AvgIpc) is 2.71. The van der Waals surface area contributed by atoms with Gasteiger partial charge in [0.05, 0.1) is 19.3 Å². The van der Waals surface area contributed by atoms with Crippen LogP contribution in [0.4, 0.5) is 11.4 Å². The van der Waals surface area contributed by atoms with E-state index in [9.17, 15) is 14.4 Å². The molecule has 0 atom stereocenters. The molecule has 8 heteroatoms. The fraction of sp³-hybridized carbons (Fsp3) is 0.286. The molecule has 2 aromatic rings. The zero-order valence-electron chi connectivity index (χ0n) is 16.6. The van der Waals surface area contributed by atoms with Gasteiger partial charge in [0.15, 0.2) is 6.61 Å². The first-order valence-corrected chi connectivity index (χ1v) is 9.02. The third-order valence-electron chi connectivity index (χ3n) is 3.80. The Bertz CT molecular complexity index is 864. The van der Waals surface area contributed by atoms with E-state index in [0.717, 1.165) is 0 Å². The van der Waals surface area contributed by atoms with Crippen molar-refractivity contribution in [2.45, 2.75) is 20.5 Å². The molecule has 0 saturated carbocycles. The topological polar surface area (TPSA) is 103 Å². The van der Waals surface area contributed by atoms with Gasteiger partial charge in [0.2, 0.25) is 5.91 Å². The summed E-state index contributed by atoms with van der Waals surface area (Å²) >= 11 is 0. The second-order valence-corrected chi connectivity index (χ2v) is 6.05. The highest BCUT2D eigenvalue weighted by Crippen LogP contribution is 2.21. The van der Waals surface area contributed by atoms with E-state index in [2.05, 4.69) is 10.6 Å². The molecular formula is C21H24N2O6. The van der Waals surface area contributed by atoms with Crippen LogP contribution in [0.5, 0.6) is 5.75 Å². The molecule has 0 bridgehead atoms. The number of esters is 1. The van der Waals surface area contributed by atoms with Crippen molar-refractivity contribution in [2.75, 3.05) is 31.0 Å². The summed E-state index contributed by atoms with van der Waals surface area (Å²) in [5, 5.41) is 5.25. The van der Waals surface area contributed by atoms with Gasteiger partial charge in [0.1, 0.15) is 5.75 Å². The summed E-state index contributed by atoms with van der Waals surface area (Å²) in [6.45, 7) is 3.68. The molecule has 0 aliphatic heterocycles. The number of methoxy groups -OCH3 is 1. The van der Waals surface area contributed by atoms with Crippen molar-refractivity contribution < 1.29 is 28.6 Å². The highest BCUT2D eigenvalue weighted by Gasteiger charge is 2.13. The lowest BCUT2D eigenvalue weighted by Crippen LogP contribution is -2.21. The van der Waals surface area contributed by atoms with E-state index >= 15 is 0 Å². The molecule has 0 unspecified atom stereocenters. The molecule has 0 heterocycles. The number of rotatable bonds is 9. The quantitative estimate of drug-likeness (QED) is 0.628. The molecule has 2 rings (SSSR count). The van der Waals surface area contributed by atoms with Crippen molar-refractivity contribution in [1.82, 2.24) is 0 Å². The van der Waals surface area contributed by atoms with Gasteiger partial charge in [-0.1, -0.05) is 0 Å². The maximum Gasteiger partial charge on any atom is 0.338 e. The predicted octanol–water partition coefficient (Wildman–Crippen LogP) is 2.99. The van der Waals surface area contributed by atoms with E-state index in [1.54, 1.807) is 42.5 Å². The van der Waals surface area contributed by atoms with Crippen LogP contribution in [0.3, 0.4) is 0 Å². The standard InChI is InChI=1S/C21H24N2O6/c1-4-28-12-16-11-15(5-10-19(16)27-3)21(26)29-13-20(25)23-18-8-6-17(7-9-18)22-14(2)24/h5-11H,4,12-13H2,1-3H3,(H,22,24)(H,23,25). The SMILES string of the molecule is CCOCc1cc(C(=O)OCC(=O)Nc2ccc(NC(C)=O)cc2)ccc1OC. The van der Waals surface area contributed by atoms with Crippen molar-refractivity contribution in [3.05, 3.63) is 53.6 Å². The van der Waals surface area contributed by atoms with Crippen molar-refractivity contribution in [2.24, 2.45) is 0 Å². The molecular weight excluding hydrogens is 376 g/mol. The third kappa shape index (κ3) is 6.93. The summed E-state index contributed by atoms with van der Waals surface area (Å²) in [4.78, 5) is 35.3. The van der Waals surface area contributed by atoms with Crippen LogP contribution >= 0.6 is 0 Å². The van der Waals surface area contributed by atoms with E-state index in [0.29, 0.717) is 41.5 Å². The fourth-order valence-corrected chi connectivity index (χ4v) is 2.48. The normalized spacial score (nSPS) is 10.2. The minimum Gasteiger partial charge on any atom is -0.496 e. The van der Waals surface area contributed by atoms with Crippen LogP contribution < -0.4 is 15.4 Å². The molecule has 0 aliphatic carbocycles. The molecule has 0 saturated heterocycles. The maximum atomic E-state index is 12.3. The zero-order chi connectivity index (χ0) is 21.2. The number of amides is 2. The fourth-order valence-electron chi connectivity index (χ4n) is 2.48. The van der Waals surface area contributed by atoms with Gasteiger partial charge in [-0.15, -0.1) is 0 Å². The van der Waals surface area contributed by atoms with Crippen molar-refractivity contribution in [3.63, 3.8) is 0 Å². The number of carbonyl (C=O) groups excluding carboxylic acids is 3. The molecule has 2 N–H and O–H groups in total. The molecule has 29 heavy (non-hydrogen) atoms. The smallest absolute Gasteiger partial charge is 0.338 e. The molecule has 0 aliphatic rings. The highest BCUT2D eigenvalue weighted by molar-refractivity contribution is 5.96. The van der Waals surface area contributed by atoms with Gasteiger partial charge in [-0.25, -0.2) is 4.79 Å². The second kappa shape index (κ2) is 10.8. The van der Waals surface area contributed by atoms with Crippen molar-refractivity contribution >= 4 is 29.2 Å². The van der Waals surface area contributed by atoms with Crippen LogP contribution in [0.15, 0.2) is 42.5 Å². The molecule has 0 fully saturated rings. The van der Waals surface area contributed by atoms with Crippen molar-refractivity contribution in [1.29, 1.82) is 0 Å². The van der Waals surface area contributed by atoms with Gasteiger partial charge in [-0.05, 0) is 49.4 Å². The molecule has 0 radical (unpaired) electrons. The average molecular weight is 400 g/mol. The molecule has 0 aromatic heterocycles. The van der Waals surface area contributed by atoms with Crippen LogP contribution in [0, 0.1) is 0 Å². The first-order valence-electron chi connectivity index (χ1n) is 9.02. The van der Waals surface area contributed by atoms with E-state index < -0.39 is 18.5 Å². The Labute approximate surface area is 169 Å². The second-order valence-electron chi connectivity index (χ2n) is 6.05. The summed E-state index contributed by atoms with van der Waals surface area (Å²) in [5.41, 5.74) is 2.15. The Kier molecular flexibility index (Phi) is 8.17. The van der Waals surface area contributed by atoms with Gasteiger partial charge >= 0.3 is 5.97 Å². The van der Waals surface area contributed by atoms with Crippen LogP contribution in [0.25, 0.3) is 0 Å². The Morgan fingerprint density at radius 3 is 2.21 bits per heavy atom. The predicted molar refractivity (Wildman–Crippen MR) is 108 cm³/mol. The number of hydrogen-bond acceptors (Lipinski definition) is 6. The monoisotopic (exact) mass is 400 g/mol. The number of nitrogens with one attached hydrogen (secondary N) is 2. The summed E-state index contributed by atoms with van der Waals surface area (Å²) in [5.74, 6) is -0.678. The molecule has 2 amide bonds.